The molecule has 7 aliphatic rings. The molecular formula is C91H149N7O17S. The maximum Gasteiger partial charge on any atom is 0.313 e. The third kappa shape index (κ3) is 24.7. The molecular weight excluding hydrogens is 1500 g/mol. The second-order valence-corrected chi connectivity index (χ2v) is 44.5. The number of Topliss-reactive ketones (excluding diaryl/α,β-unsaturated/α-hetero) is 4. The number of fused-ring (bicyclic) bond motifs is 1. The molecule has 0 unspecified atom stereocenters. The summed E-state index contributed by atoms with van der Waals surface area (Å²) in [6, 6.07) is 22.4. The number of hydrogen-bond donors (Lipinski definition) is 5. The highest BCUT2D eigenvalue weighted by Crippen LogP contribution is 2.48. The Bertz CT molecular complexity index is 3810. The highest BCUT2D eigenvalue weighted by Gasteiger charge is 2.55. The van der Waals surface area contributed by atoms with Crippen molar-refractivity contribution in [2.24, 2.45) is 29.6 Å². The van der Waals surface area contributed by atoms with E-state index in [0.29, 0.717) is 96.7 Å². The van der Waals surface area contributed by atoms with Gasteiger partial charge < -0.3 is 45.1 Å². The van der Waals surface area contributed by atoms with Crippen LogP contribution < -0.4 is 9.64 Å². The fourth-order valence-corrected chi connectivity index (χ4v) is 21.8. The van der Waals surface area contributed by atoms with E-state index in [4.69, 9.17) is 19.0 Å². The monoisotopic (exact) mass is 1640 g/mol. The van der Waals surface area contributed by atoms with Crippen LogP contribution in [0.2, 0.25) is 0 Å². The van der Waals surface area contributed by atoms with Crippen molar-refractivity contribution >= 4 is 61.4 Å². The number of hydrogen-bond acceptors (Lipinski definition) is 24. The standard InChI is InChI=1S/C28H44N2O5.C22H31NO3S.C21H38N2O5.C20H36N2O4/c1-25(2)16-22(17-26(3,4)29(25)33)24(32)34-19-23(31)21-14-27(5,6)30(28(7,8)15-21)35-18-20-12-10-9-11-13-20;1-2-3-4-5-6-9-16-26-22-13-12-21(19-10-7-8-11-20(19)22)23-14-17-27(24,25)18-15-23;1-18(2)10-14(11-19(3,4)22(18)26)16(24)9-17(25)28-15-12-20(5,6)23(27)21(7,8)13-15;1-17(2)9-13(10-18(3,4)21(17)25)15(23)16(24)14-11-19(5,6)22(26)20(7,8)12-14/h9-13,21-22,33H,14-19H2,1-8H3;7-8,10-13H,2-6,9,14-18H2,1H3;14-15,26-27H,9-13H2,1-8H3;13-14,25-26H,9-12H2,1-8H3. The molecule has 0 atom stereocenters. The van der Waals surface area contributed by atoms with Gasteiger partial charge in [-0.25, -0.2) is 8.42 Å². The molecule has 0 spiro atoms. The van der Waals surface area contributed by atoms with E-state index in [-0.39, 0.29) is 100 Å². The van der Waals surface area contributed by atoms with Crippen LogP contribution in [0.3, 0.4) is 0 Å². The minimum atomic E-state index is -2.88. The zero-order chi connectivity index (χ0) is 87.3. The number of anilines is 1. The number of carbonyl (C=O) groups excluding carboxylic acids is 6. The lowest BCUT2D eigenvalue weighted by Gasteiger charge is -2.53. The van der Waals surface area contributed by atoms with Crippen LogP contribution in [0.5, 0.6) is 5.75 Å². The molecule has 0 bridgehead atoms. The molecule has 7 fully saturated rings. The van der Waals surface area contributed by atoms with Crippen molar-refractivity contribution in [1.29, 1.82) is 0 Å². The molecule has 7 heterocycles. The molecule has 0 saturated carbocycles. The van der Waals surface area contributed by atoms with E-state index in [1.165, 1.54) is 57.4 Å². The van der Waals surface area contributed by atoms with E-state index in [9.17, 15) is 63.2 Å². The summed E-state index contributed by atoms with van der Waals surface area (Å²) in [5.74, 6) is -1.88. The number of esters is 2. The first-order valence-electron chi connectivity index (χ1n) is 42.7. The number of ether oxygens (including phenoxy) is 3. The van der Waals surface area contributed by atoms with Crippen molar-refractivity contribution in [2.75, 3.05) is 42.7 Å². The molecule has 3 aromatic carbocycles. The number of nitrogens with zero attached hydrogens (tertiary/aromatic N) is 7. The Hall–Kier alpha value is -5.39. The van der Waals surface area contributed by atoms with Crippen LogP contribution in [0.25, 0.3) is 10.8 Å². The number of rotatable bonds is 23. The lowest BCUT2D eigenvalue weighted by Crippen LogP contribution is -2.62. The molecule has 10 rings (SSSR count). The summed E-state index contributed by atoms with van der Waals surface area (Å²) in [6.45, 7) is 50.8. The van der Waals surface area contributed by atoms with Gasteiger partial charge in [-0.05, 0) is 254 Å². The van der Waals surface area contributed by atoms with Crippen molar-refractivity contribution in [3.63, 3.8) is 0 Å². The summed E-state index contributed by atoms with van der Waals surface area (Å²) >= 11 is 0. The normalized spacial score (nSPS) is 24.7. The van der Waals surface area contributed by atoms with E-state index in [1.807, 2.05) is 192 Å². The maximum absolute atomic E-state index is 13.2. The molecule has 0 radical (unpaired) electrons. The molecule has 24 nitrogen and oxygen atoms in total. The summed E-state index contributed by atoms with van der Waals surface area (Å²) < 4.78 is 40.7. The van der Waals surface area contributed by atoms with Crippen molar-refractivity contribution in [1.82, 2.24) is 30.4 Å². The molecule has 116 heavy (non-hydrogen) atoms. The Morgan fingerprint density at radius 3 is 1.21 bits per heavy atom. The summed E-state index contributed by atoms with van der Waals surface area (Å²) in [6.07, 6.45) is 13.0. The Morgan fingerprint density at radius 2 is 0.776 bits per heavy atom. The lowest BCUT2D eigenvalue weighted by molar-refractivity contribution is -0.293. The average Bonchev–Trinajstić information content (AvgIpc) is 0.760. The summed E-state index contributed by atoms with van der Waals surface area (Å²) in [4.78, 5) is 85.9. The molecule has 0 aromatic heterocycles. The van der Waals surface area contributed by atoms with Gasteiger partial charge in [0.15, 0.2) is 15.6 Å². The molecule has 0 aliphatic carbocycles. The van der Waals surface area contributed by atoms with Gasteiger partial charge in [-0.1, -0.05) is 93.6 Å². The zero-order valence-corrected chi connectivity index (χ0v) is 76.2. The van der Waals surface area contributed by atoms with Crippen LogP contribution in [0, 0.1) is 29.6 Å². The number of ketones is 4. The number of piperidine rings is 6. The van der Waals surface area contributed by atoms with E-state index >= 15 is 0 Å². The lowest BCUT2D eigenvalue weighted by atomic mass is 9.69. The maximum atomic E-state index is 13.2. The molecule has 5 N–H and O–H groups in total. The van der Waals surface area contributed by atoms with Gasteiger partial charge in [-0.2, -0.15) is 30.4 Å². The van der Waals surface area contributed by atoms with Crippen LogP contribution in [0.4, 0.5) is 5.69 Å². The van der Waals surface area contributed by atoms with Crippen molar-refractivity contribution in [3.8, 4) is 5.75 Å². The first-order chi connectivity index (χ1) is 53.1. The zero-order valence-electron chi connectivity index (χ0n) is 75.4. The second kappa shape index (κ2) is 37.5. The van der Waals surface area contributed by atoms with E-state index in [0.717, 1.165) is 40.8 Å². The predicted molar refractivity (Wildman–Crippen MR) is 452 cm³/mol. The van der Waals surface area contributed by atoms with Gasteiger partial charge in [-0.15, -0.1) is 0 Å². The molecule has 656 valence electrons. The SMILES string of the molecule is CC1(C)CC(C(=O)C(=O)C2CC(C)(C)N(O)C(C)(C)C2)CC(C)(C)N1O.CC1(C)CC(C(=O)OCC(=O)C2CC(C)(C)N(OCc3ccccc3)C(C)(C)C2)CC(C)(C)N1O.CC1(C)CC(OC(=O)CC(=O)C2CC(C)(C)N(O)C(C)(C)C2)CC(C)(C)N1O.CCCCCCCCOc1ccc(N2CCS(=O)(=O)CC2)c2ccccc12. The van der Waals surface area contributed by atoms with Crippen LogP contribution in [0.15, 0.2) is 66.7 Å². The van der Waals surface area contributed by atoms with Gasteiger partial charge in [0.25, 0.3) is 0 Å². The Morgan fingerprint density at radius 1 is 0.414 bits per heavy atom. The van der Waals surface area contributed by atoms with E-state index < -0.39 is 71.2 Å². The fraction of sp³-hybridized carbons (Fsp3) is 0.758. The summed E-state index contributed by atoms with van der Waals surface area (Å²) in [5.41, 5.74) is -3.94. The highest BCUT2D eigenvalue weighted by molar-refractivity contribution is 7.91. The van der Waals surface area contributed by atoms with Gasteiger partial charge in [0.05, 0.1) is 30.6 Å². The smallest absolute Gasteiger partial charge is 0.313 e. The number of hydroxylamine groups is 12. The van der Waals surface area contributed by atoms with Gasteiger partial charge in [0, 0.05) is 133 Å². The summed E-state index contributed by atoms with van der Waals surface area (Å²) in [7, 11) is -2.88. The summed E-state index contributed by atoms with van der Waals surface area (Å²) in [5, 5.41) is 63.0. The van der Waals surface area contributed by atoms with Crippen LogP contribution in [-0.4, -0.2) is 210 Å². The molecule has 7 aliphatic heterocycles. The predicted octanol–water partition coefficient (Wildman–Crippen LogP) is 17.0. The average molecular weight is 1650 g/mol. The van der Waals surface area contributed by atoms with Crippen molar-refractivity contribution in [2.45, 2.75) is 374 Å². The second-order valence-electron chi connectivity index (χ2n) is 42.2. The molecule has 0 amide bonds. The largest absolute Gasteiger partial charge is 0.493 e. The van der Waals surface area contributed by atoms with Gasteiger partial charge in [0.1, 0.15) is 30.7 Å². The number of carbonyl (C=O) groups is 6. The van der Waals surface area contributed by atoms with Crippen LogP contribution >= 0.6 is 0 Å². The van der Waals surface area contributed by atoms with Crippen molar-refractivity contribution in [3.05, 3.63) is 72.3 Å². The van der Waals surface area contributed by atoms with E-state index in [1.54, 1.807) is 0 Å². The Labute approximate surface area is 695 Å². The number of sulfone groups is 1. The molecule has 3 aromatic rings. The van der Waals surface area contributed by atoms with Crippen LogP contribution in [0.1, 0.15) is 301 Å². The topological polar surface area (TPSA) is 297 Å². The minimum Gasteiger partial charge on any atom is -0.493 e. The Balaban J connectivity index is 0.000000215. The van der Waals surface area contributed by atoms with E-state index in [2.05, 4.69) is 57.7 Å². The number of benzene rings is 3. The first kappa shape index (κ1) is 97.7. The van der Waals surface area contributed by atoms with Crippen LogP contribution in [-0.2, 0) is 59.5 Å². The molecule has 7 saturated heterocycles. The third-order valence-electron chi connectivity index (χ3n) is 25.5. The fourth-order valence-electron chi connectivity index (χ4n) is 20.6. The van der Waals surface area contributed by atoms with Crippen molar-refractivity contribution < 1.29 is 82.3 Å². The first-order valence-corrected chi connectivity index (χ1v) is 44.5. The van der Waals surface area contributed by atoms with Gasteiger partial charge in [0.2, 0.25) is 11.6 Å². The molecule has 25 heteroatoms. The highest BCUT2D eigenvalue weighted by atomic mass is 32.2. The minimum absolute atomic E-state index is 0.0414. The number of unbranched alkanes of at least 4 members (excludes halogenated alkanes) is 5. The van der Waals surface area contributed by atoms with Gasteiger partial charge >= 0.3 is 11.9 Å². The third-order valence-corrected chi connectivity index (χ3v) is 27.1. The quantitative estimate of drug-likeness (QED) is 0.0255. The van der Waals surface area contributed by atoms with Gasteiger partial charge in [-0.3, -0.25) is 33.6 Å². The Kier molecular flexibility index (Phi) is 31.6.